The summed E-state index contributed by atoms with van der Waals surface area (Å²) in [5.74, 6) is -1.41. The molecule has 1 aromatic rings. The number of hydrogen-bond donors (Lipinski definition) is 3. The van der Waals surface area contributed by atoms with Gasteiger partial charge < -0.3 is 15.9 Å². The molecule has 0 heterocycles. The van der Waals surface area contributed by atoms with Crippen molar-refractivity contribution in [3.8, 4) is 5.75 Å². The molecule has 4 N–H and O–H groups in total. The summed E-state index contributed by atoms with van der Waals surface area (Å²) in [6.45, 7) is -0.382. The molecular weight excluding hydrogens is 197 g/mol. The molecule has 3 nitrogen and oxygen atoms in total. The first kappa shape index (κ1) is 10.2. The monoisotopic (exact) mass is 205 g/mol. The molecule has 1 atom stereocenters. The van der Waals surface area contributed by atoms with Crippen molar-refractivity contribution >= 4 is 11.6 Å². The van der Waals surface area contributed by atoms with E-state index in [-0.39, 0.29) is 17.2 Å². The SMILES string of the molecule is N[C@@H](CO)c1cc(Cl)cc(F)c1O. The number of aromatic hydroxyl groups is 1. The average molecular weight is 206 g/mol. The molecule has 1 rings (SSSR count). The average Bonchev–Trinajstić information content (AvgIpc) is 2.10. The van der Waals surface area contributed by atoms with Crippen LogP contribution in [0.1, 0.15) is 11.6 Å². The lowest BCUT2D eigenvalue weighted by Gasteiger charge is -2.11. The second-order valence-electron chi connectivity index (χ2n) is 2.61. The Bertz CT molecular complexity index is 319. The van der Waals surface area contributed by atoms with Gasteiger partial charge in [-0.15, -0.1) is 0 Å². The highest BCUT2D eigenvalue weighted by atomic mass is 35.5. The molecule has 72 valence electrons. The van der Waals surface area contributed by atoms with Crippen LogP contribution in [-0.2, 0) is 0 Å². The zero-order chi connectivity index (χ0) is 10.0. The summed E-state index contributed by atoms with van der Waals surface area (Å²) >= 11 is 5.53. The van der Waals surface area contributed by atoms with E-state index in [1.807, 2.05) is 0 Å². The minimum absolute atomic E-state index is 0.104. The van der Waals surface area contributed by atoms with Crippen molar-refractivity contribution in [2.75, 3.05) is 6.61 Å². The van der Waals surface area contributed by atoms with Gasteiger partial charge in [-0.2, -0.15) is 0 Å². The van der Waals surface area contributed by atoms with E-state index in [2.05, 4.69) is 0 Å². The molecule has 0 aliphatic rings. The molecule has 0 aromatic heterocycles. The largest absolute Gasteiger partial charge is 0.505 e. The quantitative estimate of drug-likeness (QED) is 0.679. The number of benzene rings is 1. The molecule has 0 aliphatic carbocycles. The highest BCUT2D eigenvalue weighted by Crippen LogP contribution is 2.29. The highest BCUT2D eigenvalue weighted by Gasteiger charge is 2.14. The van der Waals surface area contributed by atoms with Gasteiger partial charge in [0.2, 0.25) is 0 Å². The molecule has 0 saturated heterocycles. The van der Waals surface area contributed by atoms with E-state index in [0.29, 0.717) is 0 Å². The first-order valence-corrected chi connectivity index (χ1v) is 3.98. The Morgan fingerprint density at radius 1 is 1.54 bits per heavy atom. The summed E-state index contributed by atoms with van der Waals surface area (Å²) in [6.07, 6.45) is 0. The Morgan fingerprint density at radius 2 is 2.15 bits per heavy atom. The molecular formula is C8H9ClFNO2. The van der Waals surface area contributed by atoms with Crippen LogP contribution in [0.3, 0.4) is 0 Å². The van der Waals surface area contributed by atoms with Crippen molar-refractivity contribution in [1.29, 1.82) is 0 Å². The molecule has 0 spiro atoms. The molecule has 0 radical (unpaired) electrons. The van der Waals surface area contributed by atoms with Crippen LogP contribution in [0.2, 0.25) is 5.02 Å². The van der Waals surface area contributed by atoms with E-state index in [4.69, 9.17) is 22.4 Å². The van der Waals surface area contributed by atoms with Crippen LogP contribution >= 0.6 is 11.6 Å². The van der Waals surface area contributed by atoms with E-state index >= 15 is 0 Å². The number of aliphatic hydroxyl groups is 1. The van der Waals surface area contributed by atoms with Crippen LogP contribution in [-0.4, -0.2) is 16.8 Å². The Kier molecular flexibility index (Phi) is 3.08. The Morgan fingerprint density at radius 3 is 2.69 bits per heavy atom. The molecule has 0 fully saturated rings. The Balaban J connectivity index is 3.20. The normalized spacial score (nSPS) is 12.9. The fraction of sp³-hybridized carbons (Fsp3) is 0.250. The van der Waals surface area contributed by atoms with Gasteiger partial charge in [-0.3, -0.25) is 0 Å². The third-order valence-corrected chi connectivity index (χ3v) is 1.87. The number of aliphatic hydroxyl groups excluding tert-OH is 1. The third-order valence-electron chi connectivity index (χ3n) is 1.65. The van der Waals surface area contributed by atoms with Crippen LogP contribution < -0.4 is 5.73 Å². The zero-order valence-corrected chi connectivity index (χ0v) is 7.42. The van der Waals surface area contributed by atoms with Crippen LogP contribution in [0.15, 0.2) is 12.1 Å². The van der Waals surface area contributed by atoms with Gasteiger partial charge in [0.25, 0.3) is 0 Å². The lowest BCUT2D eigenvalue weighted by Crippen LogP contribution is -2.14. The van der Waals surface area contributed by atoms with E-state index in [1.165, 1.54) is 6.07 Å². The maximum atomic E-state index is 12.9. The Labute approximate surface area is 79.6 Å². The van der Waals surface area contributed by atoms with Gasteiger partial charge >= 0.3 is 0 Å². The highest BCUT2D eigenvalue weighted by molar-refractivity contribution is 6.30. The van der Waals surface area contributed by atoms with Gasteiger partial charge in [0.15, 0.2) is 11.6 Å². The molecule has 5 heteroatoms. The lowest BCUT2D eigenvalue weighted by molar-refractivity contribution is 0.264. The van der Waals surface area contributed by atoms with E-state index in [1.54, 1.807) is 0 Å². The Hall–Kier alpha value is -0.840. The molecule has 0 saturated carbocycles. The minimum atomic E-state index is -0.841. The standard InChI is InChI=1S/C8H9ClFNO2/c9-4-1-5(7(11)3-12)8(13)6(10)2-4/h1-2,7,12-13H,3,11H2/t7-/m0/s1. The van der Waals surface area contributed by atoms with Gasteiger partial charge in [-0.1, -0.05) is 11.6 Å². The number of halogens is 2. The van der Waals surface area contributed by atoms with Crippen LogP contribution in [0.5, 0.6) is 5.75 Å². The van der Waals surface area contributed by atoms with Crippen molar-refractivity contribution in [2.24, 2.45) is 5.73 Å². The number of nitrogens with two attached hydrogens (primary N) is 1. The van der Waals surface area contributed by atoms with Crippen molar-refractivity contribution in [2.45, 2.75) is 6.04 Å². The van der Waals surface area contributed by atoms with Crippen molar-refractivity contribution in [1.82, 2.24) is 0 Å². The molecule has 1 aromatic carbocycles. The van der Waals surface area contributed by atoms with Gasteiger partial charge in [-0.05, 0) is 12.1 Å². The van der Waals surface area contributed by atoms with Gasteiger partial charge in [-0.25, -0.2) is 4.39 Å². The minimum Gasteiger partial charge on any atom is -0.505 e. The molecule has 0 unspecified atom stereocenters. The molecule has 0 bridgehead atoms. The summed E-state index contributed by atoms with van der Waals surface area (Å²) in [6, 6.07) is 1.47. The van der Waals surface area contributed by atoms with E-state index in [9.17, 15) is 9.50 Å². The second kappa shape index (κ2) is 3.91. The van der Waals surface area contributed by atoms with Crippen molar-refractivity contribution in [3.05, 3.63) is 28.5 Å². The number of phenols is 1. The number of hydrogen-bond acceptors (Lipinski definition) is 3. The van der Waals surface area contributed by atoms with Gasteiger partial charge in [0.05, 0.1) is 12.6 Å². The maximum Gasteiger partial charge on any atom is 0.166 e. The van der Waals surface area contributed by atoms with E-state index in [0.717, 1.165) is 6.07 Å². The fourth-order valence-electron chi connectivity index (χ4n) is 0.967. The predicted molar refractivity (Wildman–Crippen MR) is 47.1 cm³/mol. The topological polar surface area (TPSA) is 66.5 Å². The van der Waals surface area contributed by atoms with Crippen molar-refractivity contribution in [3.63, 3.8) is 0 Å². The molecule has 0 amide bonds. The van der Waals surface area contributed by atoms with Gasteiger partial charge in [0.1, 0.15) is 0 Å². The summed E-state index contributed by atoms with van der Waals surface area (Å²) in [4.78, 5) is 0. The number of phenolic OH excluding ortho intramolecular Hbond substituents is 1. The number of rotatable bonds is 2. The fourth-order valence-corrected chi connectivity index (χ4v) is 1.18. The molecule has 0 aliphatic heterocycles. The second-order valence-corrected chi connectivity index (χ2v) is 3.05. The third kappa shape index (κ3) is 2.09. The predicted octanol–water partition coefficient (Wildman–Crippen LogP) is 1.18. The first-order chi connectivity index (χ1) is 6.06. The summed E-state index contributed by atoms with van der Waals surface area (Å²) in [5.41, 5.74) is 5.50. The summed E-state index contributed by atoms with van der Waals surface area (Å²) in [5, 5.41) is 18.0. The van der Waals surface area contributed by atoms with E-state index < -0.39 is 17.6 Å². The lowest BCUT2D eigenvalue weighted by atomic mass is 10.1. The smallest absolute Gasteiger partial charge is 0.166 e. The maximum absolute atomic E-state index is 12.9. The van der Waals surface area contributed by atoms with Gasteiger partial charge in [0, 0.05) is 10.6 Å². The van der Waals surface area contributed by atoms with Crippen LogP contribution in [0.4, 0.5) is 4.39 Å². The van der Waals surface area contributed by atoms with Crippen LogP contribution in [0.25, 0.3) is 0 Å². The molecule has 13 heavy (non-hydrogen) atoms. The zero-order valence-electron chi connectivity index (χ0n) is 6.67. The summed E-state index contributed by atoms with van der Waals surface area (Å²) in [7, 11) is 0. The van der Waals surface area contributed by atoms with Crippen molar-refractivity contribution < 1.29 is 14.6 Å². The summed E-state index contributed by atoms with van der Waals surface area (Å²) < 4.78 is 12.9. The first-order valence-electron chi connectivity index (χ1n) is 3.60. The van der Waals surface area contributed by atoms with Crippen LogP contribution in [0, 0.1) is 5.82 Å².